The van der Waals surface area contributed by atoms with Gasteiger partial charge in [-0.2, -0.15) is 18.2 Å². The molecule has 50 heavy (non-hydrogen) atoms. The van der Waals surface area contributed by atoms with E-state index in [9.17, 15) is 32.7 Å². The van der Waals surface area contributed by atoms with Gasteiger partial charge in [-0.15, -0.1) is 0 Å². The van der Waals surface area contributed by atoms with Crippen LogP contribution in [0.1, 0.15) is 56.2 Å². The first-order valence-electron chi connectivity index (χ1n) is 16.0. The Hall–Kier alpha value is -4.42. The van der Waals surface area contributed by atoms with Crippen LogP contribution in [0.4, 0.5) is 19.0 Å². The Labute approximate surface area is 295 Å². The number of hydrogen-bond acceptors (Lipinski definition) is 7. The zero-order valence-corrected chi connectivity index (χ0v) is 28.5. The molecular formula is C36H31Cl2F3N4O5. The first-order chi connectivity index (χ1) is 23.5. The van der Waals surface area contributed by atoms with Crippen LogP contribution >= 0.6 is 23.2 Å². The maximum Gasteiger partial charge on any atom is 0.417 e. The van der Waals surface area contributed by atoms with Crippen molar-refractivity contribution in [2.75, 3.05) is 5.43 Å². The van der Waals surface area contributed by atoms with Gasteiger partial charge in [-0.3, -0.25) is 29.5 Å². The lowest BCUT2D eigenvalue weighted by atomic mass is 9.49. The predicted octanol–water partition coefficient (Wildman–Crippen LogP) is 6.90. The number of anilines is 1. The predicted molar refractivity (Wildman–Crippen MR) is 177 cm³/mol. The topological polar surface area (TPSA) is 120 Å². The first-order valence-corrected chi connectivity index (χ1v) is 16.7. The minimum absolute atomic E-state index is 0.0120. The fourth-order valence-electron chi connectivity index (χ4n) is 8.49. The average Bonchev–Trinajstić information content (AvgIpc) is 3.43. The number of phenolic OH excluding ortho intramolecular Hbond substituents is 1. The number of allylic oxidation sites excluding steroid dienone is 2. The normalized spacial score (nSPS) is 28.0. The summed E-state index contributed by atoms with van der Waals surface area (Å²) < 4.78 is 40.2. The molecule has 2 saturated heterocycles. The number of benzene rings is 2. The van der Waals surface area contributed by atoms with E-state index in [1.807, 2.05) is 6.08 Å². The number of aromatic hydroxyl groups is 1. The Morgan fingerprint density at radius 1 is 0.920 bits per heavy atom. The Bertz CT molecular complexity index is 1980. The highest BCUT2D eigenvalue weighted by atomic mass is 35.5. The second kappa shape index (κ2) is 11.6. The lowest BCUT2D eigenvalue weighted by Crippen LogP contribution is -2.53. The molecule has 9 nitrogen and oxygen atoms in total. The van der Waals surface area contributed by atoms with Crippen molar-refractivity contribution in [1.82, 2.24) is 14.9 Å². The zero-order chi connectivity index (χ0) is 36.1. The van der Waals surface area contributed by atoms with Gasteiger partial charge in [-0.1, -0.05) is 59.1 Å². The number of halogens is 5. The summed E-state index contributed by atoms with van der Waals surface area (Å²) in [6.45, 7) is 5.34. The number of hydrazine groups is 1. The van der Waals surface area contributed by atoms with Crippen molar-refractivity contribution >= 4 is 52.6 Å². The Morgan fingerprint density at radius 3 is 2.18 bits per heavy atom. The molecule has 4 amide bonds. The van der Waals surface area contributed by atoms with E-state index in [1.54, 1.807) is 57.2 Å². The smallest absolute Gasteiger partial charge is 0.417 e. The van der Waals surface area contributed by atoms with E-state index in [2.05, 4.69) is 10.4 Å². The molecule has 0 bridgehead atoms. The van der Waals surface area contributed by atoms with Crippen molar-refractivity contribution in [2.45, 2.75) is 56.7 Å². The highest BCUT2D eigenvalue weighted by molar-refractivity contribution is 6.33. The summed E-state index contributed by atoms with van der Waals surface area (Å²) in [7, 11) is 0. The molecule has 7 rings (SSSR count). The zero-order valence-electron chi connectivity index (χ0n) is 27.0. The van der Waals surface area contributed by atoms with Gasteiger partial charge in [0.25, 0.3) is 11.8 Å². The van der Waals surface area contributed by atoms with Gasteiger partial charge >= 0.3 is 6.18 Å². The molecule has 3 heterocycles. The third-order valence-corrected chi connectivity index (χ3v) is 11.0. The van der Waals surface area contributed by atoms with Crippen LogP contribution in [0.2, 0.25) is 10.0 Å². The molecule has 6 atom stereocenters. The second-order valence-electron chi connectivity index (χ2n) is 14.2. The molecule has 1 saturated carbocycles. The number of aromatic nitrogens is 1. The minimum Gasteiger partial charge on any atom is -0.508 e. The molecule has 4 aliphatic rings. The Morgan fingerprint density at radius 2 is 1.58 bits per heavy atom. The summed E-state index contributed by atoms with van der Waals surface area (Å²) >= 11 is 12.5. The monoisotopic (exact) mass is 726 g/mol. The van der Waals surface area contributed by atoms with Crippen molar-refractivity contribution in [2.24, 2.45) is 23.7 Å². The number of likely N-dealkylation sites (tertiary alicyclic amines) is 1. The molecule has 3 aromatic rings. The summed E-state index contributed by atoms with van der Waals surface area (Å²) in [6, 6.07) is 13.4. The van der Waals surface area contributed by atoms with Gasteiger partial charge in [0.05, 0.1) is 33.8 Å². The Balaban J connectivity index is 1.42. The van der Waals surface area contributed by atoms with Gasteiger partial charge in [0.1, 0.15) is 5.75 Å². The third kappa shape index (κ3) is 5.01. The van der Waals surface area contributed by atoms with Crippen LogP contribution in [0.5, 0.6) is 5.75 Å². The quantitative estimate of drug-likeness (QED) is 0.222. The number of amides is 4. The molecule has 0 unspecified atom stereocenters. The second-order valence-corrected chi connectivity index (χ2v) is 15.0. The maximum absolute atomic E-state index is 15.1. The van der Waals surface area contributed by atoms with E-state index in [1.165, 1.54) is 17.0 Å². The molecule has 1 aromatic heterocycles. The number of carbonyl (C=O) groups is 4. The van der Waals surface area contributed by atoms with Gasteiger partial charge in [-0.05, 0) is 81.0 Å². The highest BCUT2D eigenvalue weighted by Gasteiger charge is 2.70. The van der Waals surface area contributed by atoms with Crippen LogP contribution in [0.3, 0.4) is 0 Å². The van der Waals surface area contributed by atoms with Gasteiger partial charge < -0.3 is 5.11 Å². The number of fused-ring (bicyclic) bond motifs is 4. The largest absolute Gasteiger partial charge is 0.508 e. The first kappa shape index (κ1) is 34.0. The lowest BCUT2D eigenvalue weighted by Gasteiger charge is -2.50. The number of pyridine rings is 1. The highest BCUT2D eigenvalue weighted by Crippen LogP contribution is 2.64. The van der Waals surface area contributed by atoms with E-state index in [0.29, 0.717) is 34.0 Å². The van der Waals surface area contributed by atoms with E-state index in [4.69, 9.17) is 23.2 Å². The van der Waals surface area contributed by atoms with Crippen molar-refractivity contribution in [3.05, 3.63) is 99.2 Å². The van der Waals surface area contributed by atoms with E-state index >= 15 is 4.79 Å². The molecule has 2 aromatic carbocycles. The average molecular weight is 728 g/mol. The van der Waals surface area contributed by atoms with Gasteiger partial charge in [-0.25, -0.2) is 4.98 Å². The number of nitrogens with one attached hydrogen (secondary N) is 1. The van der Waals surface area contributed by atoms with Crippen molar-refractivity contribution in [1.29, 1.82) is 0 Å². The summed E-state index contributed by atoms with van der Waals surface area (Å²) in [5.74, 6) is -6.52. The molecule has 2 aliphatic heterocycles. The van der Waals surface area contributed by atoms with Crippen LogP contribution in [0.15, 0.2) is 72.4 Å². The number of hydrogen-bond donors (Lipinski definition) is 2. The number of carbonyl (C=O) groups excluding carboxylic acids is 4. The van der Waals surface area contributed by atoms with Crippen molar-refractivity contribution < 1.29 is 37.5 Å². The summed E-state index contributed by atoms with van der Waals surface area (Å²) in [4.78, 5) is 62.7. The molecule has 260 valence electrons. The van der Waals surface area contributed by atoms with Crippen LogP contribution in [-0.2, 0) is 30.8 Å². The van der Waals surface area contributed by atoms with Crippen LogP contribution in [-0.4, -0.2) is 49.2 Å². The number of alkyl halides is 3. The molecule has 3 fully saturated rings. The van der Waals surface area contributed by atoms with E-state index in [-0.39, 0.29) is 36.2 Å². The number of nitrogens with zero attached hydrogens (tertiary/aromatic N) is 3. The molecule has 2 N–H and O–H groups in total. The maximum atomic E-state index is 15.1. The Kier molecular flexibility index (Phi) is 7.87. The van der Waals surface area contributed by atoms with E-state index in [0.717, 1.165) is 5.01 Å². The number of phenols is 1. The van der Waals surface area contributed by atoms with Crippen molar-refractivity contribution in [3.8, 4) is 5.75 Å². The molecule has 0 spiro atoms. The number of imide groups is 2. The fraction of sp³-hybridized carbons (Fsp3) is 0.361. The van der Waals surface area contributed by atoms with Gasteiger partial charge in [0.15, 0.2) is 5.82 Å². The van der Waals surface area contributed by atoms with Crippen LogP contribution < -0.4 is 5.43 Å². The van der Waals surface area contributed by atoms with Gasteiger partial charge in [0, 0.05) is 22.7 Å². The summed E-state index contributed by atoms with van der Waals surface area (Å²) in [5.41, 5.74) is 0.747. The van der Waals surface area contributed by atoms with E-state index < -0.39 is 69.1 Å². The molecule has 14 heteroatoms. The molecular weight excluding hydrogens is 696 g/mol. The minimum atomic E-state index is -4.73. The van der Waals surface area contributed by atoms with Crippen molar-refractivity contribution in [3.63, 3.8) is 0 Å². The SMILES string of the molecule is CC(C)(C)N1C(=O)[C@H]2[C@H](CC=C3[C@H]2C[C@H]2C(=O)N(Nc4ncc(C(F)(F)F)cc4Cl)C(=O)[C@@]2(c2ccc(Cl)cc2)[C@H]3c2ccc(O)cc2)C1=O. The lowest BCUT2D eigenvalue weighted by molar-refractivity contribution is -0.146. The van der Waals surface area contributed by atoms with Gasteiger partial charge in [0.2, 0.25) is 11.8 Å². The molecule has 0 radical (unpaired) electrons. The summed E-state index contributed by atoms with van der Waals surface area (Å²) in [5, 5.41) is 10.9. The standard InChI is InChI=1S/C36H31Cl2F3N4O5/c1-34(2,3)44-30(47)23-13-12-22-24(27(23)32(44)49)15-25-31(48)45(43-29-26(38)14-19(16-42-29)36(39,40)41)33(50)35(25,18-6-8-20(37)9-7-18)28(22)17-4-10-21(46)11-5-17/h4-12,14,16,23-25,27-28,46H,13,15H2,1-3H3,(H,42,43)/t23-,24+,25-,27-,28-,35+/m0/s1. The summed E-state index contributed by atoms with van der Waals surface area (Å²) in [6.07, 6.45) is -2.04. The number of rotatable bonds is 4. The van der Waals surface area contributed by atoms with Crippen LogP contribution in [0, 0.1) is 23.7 Å². The fourth-order valence-corrected chi connectivity index (χ4v) is 8.82. The molecule has 2 aliphatic carbocycles. The third-order valence-electron chi connectivity index (χ3n) is 10.5. The van der Waals surface area contributed by atoms with Crippen LogP contribution in [0.25, 0.3) is 0 Å².